The Hall–Kier alpha value is -1.33. The lowest BCUT2D eigenvalue weighted by Crippen LogP contribution is -2.38. The molecule has 1 amide bonds. The average Bonchev–Trinajstić information content (AvgIpc) is 2.24. The number of halogens is 2. The molecule has 0 atom stereocenters. The van der Waals surface area contributed by atoms with Crippen molar-refractivity contribution in [2.45, 2.75) is 13.8 Å². The summed E-state index contributed by atoms with van der Waals surface area (Å²) in [5, 5.41) is 11.6. The molecule has 0 aromatic carbocycles. The second-order valence-electron chi connectivity index (χ2n) is 4.37. The monoisotopic (exact) mass is 290 g/mol. The van der Waals surface area contributed by atoms with Crippen LogP contribution >= 0.6 is 23.2 Å². The highest BCUT2D eigenvalue weighted by atomic mass is 35.5. The average molecular weight is 291 g/mol. The van der Waals surface area contributed by atoms with Gasteiger partial charge >= 0.3 is 5.97 Å². The van der Waals surface area contributed by atoms with Gasteiger partial charge in [-0.05, 0) is 26.0 Å². The van der Waals surface area contributed by atoms with Crippen LogP contribution in [0.4, 0.5) is 0 Å². The molecule has 0 unspecified atom stereocenters. The van der Waals surface area contributed by atoms with E-state index in [0.717, 1.165) is 0 Å². The molecular weight excluding hydrogens is 279 g/mol. The molecule has 98 valence electrons. The molecule has 1 heterocycles. The maximum atomic E-state index is 11.8. The number of nitrogens with zero attached hydrogens (tertiary/aromatic N) is 1. The van der Waals surface area contributed by atoms with E-state index in [2.05, 4.69) is 10.3 Å². The number of carboxylic acids is 1. The van der Waals surface area contributed by atoms with Crippen molar-refractivity contribution in [2.24, 2.45) is 5.41 Å². The number of carboxylic acid groups (broad SMARTS) is 1. The number of aliphatic carboxylic acids is 1. The van der Waals surface area contributed by atoms with Crippen molar-refractivity contribution in [3.8, 4) is 0 Å². The molecule has 1 rings (SSSR count). The zero-order valence-corrected chi connectivity index (χ0v) is 11.3. The van der Waals surface area contributed by atoms with Crippen molar-refractivity contribution in [3.05, 3.63) is 28.0 Å². The molecule has 1 aromatic rings. The molecule has 0 spiro atoms. The quantitative estimate of drug-likeness (QED) is 0.834. The molecule has 2 N–H and O–H groups in total. The minimum Gasteiger partial charge on any atom is -0.481 e. The molecule has 7 heteroatoms. The van der Waals surface area contributed by atoms with Gasteiger partial charge < -0.3 is 10.4 Å². The number of carbonyl (C=O) groups excluding carboxylic acids is 1. The molecule has 0 fully saturated rings. The second kappa shape index (κ2) is 5.54. The van der Waals surface area contributed by atoms with Gasteiger partial charge in [0.25, 0.3) is 5.91 Å². The van der Waals surface area contributed by atoms with Crippen LogP contribution in [0, 0.1) is 5.41 Å². The Labute approximate surface area is 114 Å². The molecular formula is C11H12Cl2N2O3. The number of amides is 1. The summed E-state index contributed by atoms with van der Waals surface area (Å²) in [6, 6.07) is 2.72. The van der Waals surface area contributed by atoms with E-state index in [1.165, 1.54) is 26.0 Å². The van der Waals surface area contributed by atoms with Gasteiger partial charge in [-0.2, -0.15) is 0 Å². The van der Waals surface area contributed by atoms with E-state index in [-0.39, 0.29) is 22.4 Å². The van der Waals surface area contributed by atoms with Crippen LogP contribution in [-0.4, -0.2) is 28.5 Å². The van der Waals surface area contributed by atoms with Gasteiger partial charge in [0.15, 0.2) is 0 Å². The third kappa shape index (κ3) is 3.85. The van der Waals surface area contributed by atoms with E-state index >= 15 is 0 Å². The lowest BCUT2D eigenvalue weighted by molar-refractivity contribution is -0.146. The zero-order valence-electron chi connectivity index (χ0n) is 9.83. The summed E-state index contributed by atoms with van der Waals surface area (Å²) in [5.41, 5.74) is -0.808. The van der Waals surface area contributed by atoms with Crippen molar-refractivity contribution >= 4 is 35.1 Å². The normalized spacial score (nSPS) is 11.1. The molecule has 18 heavy (non-hydrogen) atoms. The molecule has 1 aromatic heterocycles. The Morgan fingerprint density at radius 1 is 1.33 bits per heavy atom. The van der Waals surface area contributed by atoms with Gasteiger partial charge in [-0.15, -0.1) is 0 Å². The number of hydrogen-bond donors (Lipinski definition) is 2. The number of rotatable bonds is 4. The van der Waals surface area contributed by atoms with Crippen LogP contribution in [0.15, 0.2) is 12.1 Å². The van der Waals surface area contributed by atoms with Crippen LogP contribution in [0.2, 0.25) is 10.3 Å². The Morgan fingerprint density at radius 2 is 1.83 bits per heavy atom. The fourth-order valence-corrected chi connectivity index (χ4v) is 1.54. The number of pyridine rings is 1. The van der Waals surface area contributed by atoms with Gasteiger partial charge in [0.2, 0.25) is 0 Å². The first-order chi connectivity index (χ1) is 8.22. The molecule has 0 saturated carbocycles. The molecule has 0 radical (unpaired) electrons. The number of aromatic nitrogens is 1. The summed E-state index contributed by atoms with van der Waals surface area (Å²) in [5.74, 6) is -1.44. The van der Waals surface area contributed by atoms with E-state index in [9.17, 15) is 9.59 Å². The largest absolute Gasteiger partial charge is 0.481 e. The van der Waals surface area contributed by atoms with Gasteiger partial charge in [0, 0.05) is 12.1 Å². The highest BCUT2D eigenvalue weighted by Crippen LogP contribution is 2.16. The predicted molar refractivity (Wildman–Crippen MR) is 68.0 cm³/mol. The Kier molecular flexibility index (Phi) is 4.53. The van der Waals surface area contributed by atoms with E-state index in [0.29, 0.717) is 0 Å². The first kappa shape index (κ1) is 14.7. The van der Waals surface area contributed by atoms with Crippen molar-refractivity contribution in [2.75, 3.05) is 6.54 Å². The lowest BCUT2D eigenvalue weighted by Gasteiger charge is -2.19. The number of carbonyl (C=O) groups is 2. The second-order valence-corrected chi connectivity index (χ2v) is 5.15. The summed E-state index contributed by atoms with van der Waals surface area (Å²) >= 11 is 11.3. The Balaban J connectivity index is 2.75. The van der Waals surface area contributed by atoms with Crippen LogP contribution in [0.25, 0.3) is 0 Å². The van der Waals surface area contributed by atoms with Crippen LogP contribution < -0.4 is 5.32 Å². The molecule has 0 bridgehead atoms. The smallest absolute Gasteiger partial charge is 0.310 e. The number of hydrogen-bond acceptors (Lipinski definition) is 3. The highest BCUT2D eigenvalue weighted by molar-refractivity contribution is 6.33. The summed E-state index contributed by atoms with van der Waals surface area (Å²) < 4.78 is 0. The maximum absolute atomic E-state index is 11.8. The fraction of sp³-hybridized carbons (Fsp3) is 0.364. The third-order valence-electron chi connectivity index (χ3n) is 2.29. The molecule has 5 nitrogen and oxygen atoms in total. The SMILES string of the molecule is CC(C)(CNC(=O)c1cc(Cl)nc(Cl)c1)C(=O)O. The molecule has 0 aliphatic carbocycles. The fourth-order valence-electron chi connectivity index (χ4n) is 1.07. The Morgan fingerprint density at radius 3 is 2.28 bits per heavy atom. The zero-order chi connectivity index (χ0) is 13.9. The minimum atomic E-state index is -1.05. The van der Waals surface area contributed by atoms with Gasteiger partial charge in [-0.3, -0.25) is 9.59 Å². The maximum Gasteiger partial charge on any atom is 0.310 e. The van der Waals surface area contributed by atoms with E-state index in [4.69, 9.17) is 28.3 Å². The van der Waals surface area contributed by atoms with Crippen molar-refractivity contribution < 1.29 is 14.7 Å². The van der Waals surface area contributed by atoms with Gasteiger partial charge in [-0.25, -0.2) is 4.98 Å². The number of nitrogens with one attached hydrogen (secondary N) is 1. The van der Waals surface area contributed by atoms with E-state index in [1.54, 1.807) is 0 Å². The highest BCUT2D eigenvalue weighted by Gasteiger charge is 2.27. The summed E-state index contributed by atoms with van der Waals surface area (Å²) in [4.78, 5) is 26.4. The van der Waals surface area contributed by atoms with Crippen LogP contribution in [-0.2, 0) is 4.79 Å². The summed E-state index contributed by atoms with van der Waals surface area (Å²) in [6.45, 7) is 3.03. The Bertz CT molecular complexity index is 469. The van der Waals surface area contributed by atoms with Crippen molar-refractivity contribution in [3.63, 3.8) is 0 Å². The summed E-state index contributed by atoms with van der Waals surface area (Å²) in [6.07, 6.45) is 0. The van der Waals surface area contributed by atoms with Gasteiger partial charge in [0.1, 0.15) is 10.3 Å². The predicted octanol–water partition coefficient (Wildman–Crippen LogP) is 2.23. The van der Waals surface area contributed by atoms with Crippen LogP contribution in [0.3, 0.4) is 0 Å². The molecule has 0 aliphatic heterocycles. The van der Waals surface area contributed by atoms with Crippen LogP contribution in [0.5, 0.6) is 0 Å². The van der Waals surface area contributed by atoms with Crippen LogP contribution in [0.1, 0.15) is 24.2 Å². The standard InChI is InChI=1S/C11H12Cl2N2O3/c1-11(2,10(17)18)5-14-9(16)6-3-7(12)15-8(13)4-6/h3-4H,5H2,1-2H3,(H,14,16)(H,17,18). The first-order valence-corrected chi connectivity index (χ1v) is 5.82. The van der Waals surface area contributed by atoms with E-state index < -0.39 is 17.3 Å². The topological polar surface area (TPSA) is 79.3 Å². The molecule has 0 saturated heterocycles. The van der Waals surface area contributed by atoms with Gasteiger partial charge in [-0.1, -0.05) is 23.2 Å². The van der Waals surface area contributed by atoms with Gasteiger partial charge in [0.05, 0.1) is 5.41 Å². The van der Waals surface area contributed by atoms with Crippen molar-refractivity contribution in [1.29, 1.82) is 0 Å². The summed E-state index contributed by atoms with van der Waals surface area (Å²) in [7, 11) is 0. The molecule has 0 aliphatic rings. The van der Waals surface area contributed by atoms with Crippen molar-refractivity contribution in [1.82, 2.24) is 10.3 Å². The first-order valence-electron chi connectivity index (χ1n) is 5.07. The third-order valence-corrected chi connectivity index (χ3v) is 2.68. The minimum absolute atomic E-state index is 0.00126. The van der Waals surface area contributed by atoms with E-state index in [1.807, 2.05) is 0 Å². The lowest BCUT2D eigenvalue weighted by atomic mass is 9.94.